The third kappa shape index (κ3) is 9.63. The molecular formula is C9H19N3O3S. The number of ether oxygens (including phenoxy) is 2. The van der Waals surface area contributed by atoms with E-state index < -0.39 is 0 Å². The molecule has 6 nitrogen and oxygen atoms in total. The first-order valence-electron chi connectivity index (χ1n) is 4.97. The molecule has 3 N–H and O–H groups in total. The first kappa shape index (κ1) is 15.1. The Labute approximate surface area is 101 Å². The average Bonchev–Trinajstić information content (AvgIpc) is 2.27. The highest BCUT2D eigenvalue weighted by molar-refractivity contribution is 7.80. The molecule has 0 rings (SSSR count). The van der Waals surface area contributed by atoms with E-state index in [-0.39, 0.29) is 12.5 Å². The van der Waals surface area contributed by atoms with Crippen LogP contribution in [0.15, 0.2) is 0 Å². The van der Waals surface area contributed by atoms with Gasteiger partial charge >= 0.3 is 0 Å². The van der Waals surface area contributed by atoms with Crippen LogP contribution in [0.4, 0.5) is 0 Å². The molecule has 0 aliphatic rings. The van der Waals surface area contributed by atoms with E-state index in [2.05, 4.69) is 16.0 Å². The average molecular weight is 249 g/mol. The Morgan fingerprint density at radius 2 is 1.62 bits per heavy atom. The fourth-order valence-corrected chi connectivity index (χ4v) is 1.02. The standard InChI is InChI=1S/C9H19N3O3S/c1-14-5-3-10-8(13)7-12-9(16)11-4-6-15-2/h3-7H2,1-2H3,(H,10,13)(H2,11,12,16). The minimum Gasteiger partial charge on any atom is -0.383 e. The lowest BCUT2D eigenvalue weighted by molar-refractivity contribution is -0.120. The monoisotopic (exact) mass is 249 g/mol. The van der Waals surface area contributed by atoms with Crippen LogP contribution in [0, 0.1) is 0 Å². The summed E-state index contributed by atoms with van der Waals surface area (Å²) in [5, 5.41) is 8.79. The van der Waals surface area contributed by atoms with Gasteiger partial charge in [0.05, 0.1) is 19.8 Å². The number of methoxy groups -OCH3 is 2. The molecule has 0 aromatic rings. The van der Waals surface area contributed by atoms with Crippen LogP contribution in [-0.2, 0) is 14.3 Å². The minimum absolute atomic E-state index is 0.118. The zero-order chi connectivity index (χ0) is 12.2. The fourth-order valence-electron chi connectivity index (χ4n) is 0.845. The molecule has 16 heavy (non-hydrogen) atoms. The van der Waals surface area contributed by atoms with Crippen molar-refractivity contribution in [2.45, 2.75) is 0 Å². The summed E-state index contributed by atoms with van der Waals surface area (Å²) in [5.41, 5.74) is 0. The molecule has 0 aliphatic heterocycles. The second-order valence-corrected chi connectivity index (χ2v) is 3.35. The van der Waals surface area contributed by atoms with Gasteiger partial charge in [0.15, 0.2) is 5.11 Å². The Hall–Kier alpha value is -0.920. The van der Waals surface area contributed by atoms with Gasteiger partial charge in [-0.15, -0.1) is 0 Å². The molecule has 0 spiro atoms. The maximum atomic E-state index is 11.2. The van der Waals surface area contributed by atoms with E-state index in [0.29, 0.717) is 31.4 Å². The number of nitrogens with one attached hydrogen (secondary N) is 3. The normalized spacial score (nSPS) is 9.62. The molecule has 0 heterocycles. The highest BCUT2D eigenvalue weighted by Crippen LogP contribution is 1.71. The summed E-state index contributed by atoms with van der Waals surface area (Å²) in [7, 11) is 3.20. The van der Waals surface area contributed by atoms with Crippen molar-refractivity contribution in [2.75, 3.05) is 47.1 Å². The van der Waals surface area contributed by atoms with Gasteiger partial charge in [0, 0.05) is 27.3 Å². The fraction of sp³-hybridized carbons (Fsp3) is 0.778. The lowest BCUT2D eigenvalue weighted by Crippen LogP contribution is -2.43. The molecule has 0 saturated heterocycles. The van der Waals surface area contributed by atoms with E-state index in [1.807, 2.05) is 0 Å². The van der Waals surface area contributed by atoms with Crippen LogP contribution in [0.3, 0.4) is 0 Å². The predicted molar refractivity (Wildman–Crippen MR) is 65.4 cm³/mol. The van der Waals surface area contributed by atoms with Crippen molar-refractivity contribution in [2.24, 2.45) is 0 Å². The number of rotatable bonds is 8. The number of carbonyl (C=O) groups is 1. The quantitative estimate of drug-likeness (QED) is 0.373. The molecule has 0 aromatic heterocycles. The Morgan fingerprint density at radius 3 is 2.19 bits per heavy atom. The number of thiocarbonyl (C=S) groups is 1. The second-order valence-electron chi connectivity index (χ2n) is 2.95. The number of hydrogen-bond donors (Lipinski definition) is 3. The highest BCUT2D eigenvalue weighted by atomic mass is 32.1. The van der Waals surface area contributed by atoms with Gasteiger partial charge < -0.3 is 25.4 Å². The number of amides is 1. The summed E-state index contributed by atoms with van der Waals surface area (Å²) < 4.78 is 9.64. The third-order valence-corrected chi connectivity index (χ3v) is 1.92. The summed E-state index contributed by atoms with van der Waals surface area (Å²) in [6.45, 7) is 2.35. The van der Waals surface area contributed by atoms with E-state index in [9.17, 15) is 4.79 Å². The van der Waals surface area contributed by atoms with Gasteiger partial charge in [-0.25, -0.2) is 0 Å². The van der Waals surface area contributed by atoms with Gasteiger partial charge in [0.1, 0.15) is 0 Å². The maximum Gasteiger partial charge on any atom is 0.239 e. The predicted octanol–water partition coefficient (Wildman–Crippen LogP) is -1.14. The van der Waals surface area contributed by atoms with E-state index >= 15 is 0 Å². The van der Waals surface area contributed by atoms with Crippen LogP contribution in [0.5, 0.6) is 0 Å². The summed E-state index contributed by atoms with van der Waals surface area (Å²) in [4.78, 5) is 11.2. The molecule has 94 valence electrons. The molecule has 0 atom stereocenters. The smallest absolute Gasteiger partial charge is 0.239 e. The van der Waals surface area contributed by atoms with Crippen LogP contribution in [0.2, 0.25) is 0 Å². The summed E-state index contributed by atoms with van der Waals surface area (Å²) >= 11 is 4.94. The van der Waals surface area contributed by atoms with Crippen LogP contribution < -0.4 is 16.0 Å². The molecule has 0 bridgehead atoms. The SMILES string of the molecule is COCCNC(=O)CNC(=S)NCCOC. The Morgan fingerprint density at radius 1 is 1.06 bits per heavy atom. The van der Waals surface area contributed by atoms with Crippen molar-refractivity contribution in [1.29, 1.82) is 0 Å². The molecule has 0 aromatic carbocycles. The molecular weight excluding hydrogens is 230 g/mol. The minimum atomic E-state index is -0.118. The highest BCUT2D eigenvalue weighted by Gasteiger charge is 2.01. The lowest BCUT2D eigenvalue weighted by atomic mass is 10.5. The van der Waals surface area contributed by atoms with E-state index in [1.54, 1.807) is 14.2 Å². The van der Waals surface area contributed by atoms with Crippen LogP contribution >= 0.6 is 12.2 Å². The third-order valence-electron chi connectivity index (χ3n) is 1.63. The molecule has 1 amide bonds. The zero-order valence-corrected chi connectivity index (χ0v) is 10.5. The molecule has 7 heteroatoms. The molecule has 0 aliphatic carbocycles. The van der Waals surface area contributed by atoms with Gasteiger partial charge in [0.2, 0.25) is 5.91 Å². The van der Waals surface area contributed by atoms with Gasteiger partial charge in [-0.1, -0.05) is 0 Å². The summed E-state index contributed by atoms with van der Waals surface area (Å²) in [6.07, 6.45) is 0. The second kappa shape index (κ2) is 10.6. The van der Waals surface area contributed by atoms with Crippen molar-refractivity contribution in [3.8, 4) is 0 Å². The summed E-state index contributed by atoms with van der Waals surface area (Å²) in [6, 6.07) is 0. The van der Waals surface area contributed by atoms with Crippen molar-refractivity contribution >= 4 is 23.2 Å². The van der Waals surface area contributed by atoms with Gasteiger partial charge in [-0.3, -0.25) is 4.79 Å². The Bertz CT molecular complexity index is 192. The summed E-state index contributed by atoms with van der Waals surface area (Å²) in [5.74, 6) is -0.118. The van der Waals surface area contributed by atoms with Gasteiger partial charge in [-0.2, -0.15) is 0 Å². The largest absolute Gasteiger partial charge is 0.383 e. The Balaban J connectivity index is 3.40. The number of carbonyl (C=O) groups excluding carboxylic acids is 1. The lowest BCUT2D eigenvalue weighted by Gasteiger charge is -2.10. The maximum absolute atomic E-state index is 11.2. The first-order chi connectivity index (χ1) is 7.70. The Kier molecular flexibility index (Phi) is 9.98. The van der Waals surface area contributed by atoms with Crippen molar-refractivity contribution < 1.29 is 14.3 Å². The van der Waals surface area contributed by atoms with Gasteiger partial charge in [0.25, 0.3) is 0 Å². The zero-order valence-electron chi connectivity index (χ0n) is 9.67. The van der Waals surface area contributed by atoms with Crippen LogP contribution in [-0.4, -0.2) is 58.1 Å². The van der Waals surface area contributed by atoms with E-state index in [4.69, 9.17) is 21.7 Å². The molecule has 0 unspecified atom stereocenters. The van der Waals surface area contributed by atoms with Crippen molar-refractivity contribution in [1.82, 2.24) is 16.0 Å². The van der Waals surface area contributed by atoms with E-state index in [1.165, 1.54) is 0 Å². The van der Waals surface area contributed by atoms with E-state index in [0.717, 1.165) is 0 Å². The molecule has 0 fully saturated rings. The van der Waals surface area contributed by atoms with Crippen LogP contribution in [0.1, 0.15) is 0 Å². The molecule has 0 radical (unpaired) electrons. The topological polar surface area (TPSA) is 71.6 Å². The first-order valence-corrected chi connectivity index (χ1v) is 5.37. The number of hydrogen-bond acceptors (Lipinski definition) is 4. The van der Waals surface area contributed by atoms with Crippen molar-refractivity contribution in [3.05, 3.63) is 0 Å². The van der Waals surface area contributed by atoms with Crippen molar-refractivity contribution in [3.63, 3.8) is 0 Å². The molecule has 0 saturated carbocycles. The van der Waals surface area contributed by atoms with Gasteiger partial charge in [-0.05, 0) is 12.2 Å². The van der Waals surface area contributed by atoms with Crippen LogP contribution in [0.25, 0.3) is 0 Å².